The van der Waals surface area contributed by atoms with Crippen LogP contribution in [0.2, 0.25) is 0 Å². The molecule has 0 fully saturated rings. The van der Waals surface area contributed by atoms with E-state index < -0.39 is 13.3 Å². The fraction of sp³-hybridized carbons (Fsp3) is 0.833. The van der Waals surface area contributed by atoms with Gasteiger partial charge in [0.05, 0.1) is 13.5 Å². The molecule has 0 saturated heterocycles. The minimum absolute atomic E-state index is 0. The van der Waals surface area contributed by atoms with E-state index in [4.69, 9.17) is 0 Å². The standard InChI is InChI=1S/C6H13O4P.Na/c1-3-11(8,9)5-4-6(7)10-2;/h3-5H2,1-2H3,(H,8,9);/q;+1/p-1. The van der Waals surface area contributed by atoms with Crippen molar-refractivity contribution in [2.45, 2.75) is 13.3 Å². The Morgan fingerprint density at radius 1 is 1.58 bits per heavy atom. The van der Waals surface area contributed by atoms with Crippen LogP contribution in [-0.2, 0) is 14.1 Å². The minimum Gasteiger partial charge on any atom is -0.799 e. The zero-order chi connectivity index (χ0) is 8.91. The van der Waals surface area contributed by atoms with Gasteiger partial charge in [0.2, 0.25) is 0 Å². The third-order valence-electron chi connectivity index (χ3n) is 1.37. The number of hydrogen-bond donors (Lipinski definition) is 0. The van der Waals surface area contributed by atoms with Crippen LogP contribution in [0.25, 0.3) is 0 Å². The molecular weight excluding hydrogens is 190 g/mol. The predicted molar refractivity (Wildman–Crippen MR) is 39.6 cm³/mol. The number of ether oxygens (including phenoxy) is 1. The molecule has 0 bridgehead atoms. The van der Waals surface area contributed by atoms with Crippen LogP contribution in [0.1, 0.15) is 13.3 Å². The zero-order valence-corrected chi connectivity index (χ0v) is 10.6. The van der Waals surface area contributed by atoms with Gasteiger partial charge in [-0.2, -0.15) is 0 Å². The Hall–Kier alpha value is 0.660. The maximum absolute atomic E-state index is 10.8. The second-order valence-electron chi connectivity index (χ2n) is 2.18. The van der Waals surface area contributed by atoms with Crippen molar-refractivity contribution < 1.29 is 48.5 Å². The van der Waals surface area contributed by atoms with Crippen molar-refractivity contribution in [3.8, 4) is 0 Å². The Bertz CT molecular complexity index is 182. The van der Waals surface area contributed by atoms with Gasteiger partial charge in [0, 0.05) is 7.37 Å². The van der Waals surface area contributed by atoms with Crippen molar-refractivity contribution in [2.75, 3.05) is 19.4 Å². The molecule has 0 aromatic carbocycles. The molecule has 66 valence electrons. The number of rotatable bonds is 4. The number of hydrogen-bond acceptors (Lipinski definition) is 4. The molecule has 0 radical (unpaired) electrons. The summed E-state index contributed by atoms with van der Waals surface area (Å²) in [7, 11) is -2.05. The molecule has 0 heterocycles. The van der Waals surface area contributed by atoms with Crippen molar-refractivity contribution in [1.29, 1.82) is 0 Å². The molecular formula is C6H12NaO4P. The van der Waals surface area contributed by atoms with Crippen LogP contribution in [0.5, 0.6) is 0 Å². The largest absolute Gasteiger partial charge is 1.00 e. The van der Waals surface area contributed by atoms with E-state index in [0.29, 0.717) is 0 Å². The third-order valence-corrected chi connectivity index (χ3v) is 3.23. The van der Waals surface area contributed by atoms with Crippen molar-refractivity contribution in [3.63, 3.8) is 0 Å². The Balaban J connectivity index is 0. The number of esters is 1. The normalized spacial score (nSPS) is 14.2. The Morgan fingerprint density at radius 2 is 2.08 bits per heavy atom. The van der Waals surface area contributed by atoms with Crippen molar-refractivity contribution in [1.82, 2.24) is 0 Å². The molecule has 0 aliphatic carbocycles. The van der Waals surface area contributed by atoms with Crippen molar-refractivity contribution in [2.24, 2.45) is 0 Å². The van der Waals surface area contributed by atoms with E-state index in [2.05, 4.69) is 4.74 Å². The molecule has 1 atom stereocenters. The molecule has 0 aliphatic rings. The summed E-state index contributed by atoms with van der Waals surface area (Å²) in [5, 5.41) is 0. The minimum atomic E-state index is -3.29. The molecule has 12 heavy (non-hydrogen) atoms. The van der Waals surface area contributed by atoms with Crippen molar-refractivity contribution >= 4 is 13.3 Å². The third kappa shape index (κ3) is 7.32. The number of carbonyl (C=O) groups excluding carboxylic acids is 1. The summed E-state index contributed by atoms with van der Waals surface area (Å²) >= 11 is 0. The predicted octanol–water partition coefficient (Wildman–Crippen LogP) is -2.79. The van der Waals surface area contributed by atoms with E-state index in [1.807, 2.05) is 0 Å². The van der Waals surface area contributed by atoms with E-state index in [1.54, 1.807) is 6.92 Å². The SMILES string of the molecule is CCP(=O)([O-])CCC(=O)OC.[Na+]. The van der Waals surface area contributed by atoms with Crippen LogP contribution in [-0.4, -0.2) is 25.4 Å². The average molecular weight is 202 g/mol. The second-order valence-corrected chi connectivity index (χ2v) is 4.89. The monoisotopic (exact) mass is 202 g/mol. The molecule has 0 aliphatic heterocycles. The summed E-state index contributed by atoms with van der Waals surface area (Å²) in [5.74, 6) is -0.477. The van der Waals surface area contributed by atoms with E-state index in [9.17, 15) is 14.3 Å². The molecule has 0 spiro atoms. The number of carbonyl (C=O) groups is 1. The summed E-state index contributed by atoms with van der Waals surface area (Å²) in [6.45, 7) is 1.56. The van der Waals surface area contributed by atoms with E-state index >= 15 is 0 Å². The van der Waals surface area contributed by atoms with Gasteiger partial charge in [-0.05, 0) is 12.3 Å². The van der Waals surface area contributed by atoms with Gasteiger partial charge in [0.25, 0.3) is 0 Å². The maximum atomic E-state index is 10.8. The smallest absolute Gasteiger partial charge is 0.799 e. The van der Waals surface area contributed by atoms with Crippen LogP contribution in [0.15, 0.2) is 0 Å². The van der Waals surface area contributed by atoms with Crippen LogP contribution < -0.4 is 34.5 Å². The fourth-order valence-electron chi connectivity index (χ4n) is 0.522. The quantitative estimate of drug-likeness (QED) is 0.281. The summed E-state index contributed by atoms with van der Waals surface area (Å²) in [6.07, 6.45) is -0.0225. The molecule has 0 aromatic heterocycles. The second kappa shape index (κ2) is 7.10. The molecule has 0 aromatic rings. The van der Waals surface area contributed by atoms with E-state index in [-0.39, 0.29) is 48.3 Å². The summed E-state index contributed by atoms with van der Waals surface area (Å²) in [6, 6.07) is 0. The molecule has 0 rings (SSSR count). The first-order chi connectivity index (χ1) is 5.02. The summed E-state index contributed by atoms with van der Waals surface area (Å²) in [4.78, 5) is 21.3. The molecule has 4 nitrogen and oxygen atoms in total. The van der Waals surface area contributed by atoms with E-state index in [0.717, 1.165) is 0 Å². The first-order valence-electron chi connectivity index (χ1n) is 3.37. The molecule has 6 heteroatoms. The van der Waals surface area contributed by atoms with Gasteiger partial charge in [0.1, 0.15) is 0 Å². The average Bonchev–Trinajstić information content (AvgIpc) is 2.00. The van der Waals surface area contributed by atoms with Gasteiger partial charge in [-0.15, -0.1) is 0 Å². The van der Waals surface area contributed by atoms with Crippen LogP contribution in [0, 0.1) is 0 Å². The van der Waals surface area contributed by atoms with Gasteiger partial charge in [-0.1, -0.05) is 6.92 Å². The van der Waals surface area contributed by atoms with Crippen LogP contribution >= 0.6 is 7.37 Å². The first kappa shape index (κ1) is 15.1. The topological polar surface area (TPSA) is 66.4 Å². The maximum Gasteiger partial charge on any atom is 1.00 e. The molecule has 0 N–H and O–H groups in total. The van der Waals surface area contributed by atoms with Gasteiger partial charge >= 0.3 is 35.5 Å². The van der Waals surface area contributed by atoms with Gasteiger partial charge in [0.15, 0.2) is 0 Å². The Labute approximate surface area is 94.4 Å². The van der Waals surface area contributed by atoms with Gasteiger partial charge in [-0.3, -0.25) is 4.79 Å². The zero-order valence-electron chi connectivity index (χ0n) is 7.70. The van der Waals surface area contributed by atoms with Crippen LogP contribution in [0.4, 0.5) is 0 Å². The van der Waals surface area contributed by atoms with E-state index in [1.165, 1.54) is 7.11 Å². The molecule has 0 saturated carbocycles. The van der Waals surface area contributed by atoms with Gasteiger partial charge in [-0.25, -0.2) is 0 Å². The van der Waals surface area contributed by atoms with Crippen LogP contribution in [0.3, 0.4) is 0 Å². The summed E-state index contributed by atoms with van der Waals surface area (Å²) in [5.41, 5.74) is 0. The first-order valence-corrected chi connectivity index (χ1v) is 5.37. The number of methoxy groups -OCH3 is 1. The van der Waals surface area contributed by atoms with Gasteiger partial charge < -0.3 is 14.2 Å². The van der Waals surface area contributed by atoms with Crippen molar-refractivity contribution in [3.05, 3.63) is 0 Å². The Morgan fingerprint density at radius 3 is 2.42 bits per heavy atom. The Kier molecular flexibility index (Phi) is 8.96. The molecule has 0 amide bonds. The fourth-order valence-corrected chi connectivity index (χ4v) is 1.36. The summed E-state index contributed by atoms with van der Waals surface area (Å²) < 4.78 is 15.1. The molecule has 1 unspecified atom stereocenters.